The summed E-state index contributed by atoms with van der Waals surface area (Å²) >= 11 is 12.8. The fourth-order valence-corrected chi connectivity index (χ4v) is 5.63. The molecule has 200 valence electrons. The van der Waals surface area contributed by atoms with Gasteiger partial charge in [0.25, 0.3) is 11.1 Å². The first-order valence-corrected chi connectivity index (χ1v) is 13.1. The molecule has 0 unspecified atom stereocenters. The van der Waals surface area contributed by atoms with E-state index < -0.39 is 28.4 Å². The maximum atomic E-state index is 13.5. The lowest BCUT2D eigenvalue weighted by Crippen LogP contribution is -2.43. The van der Waals surface area contributed by atoms with Crippen LogP contribution in [0.5, 0.6) is 0 Å². The predicted molar refractivity (Wildman–Crippen MR) is 154 cm³/mol. The monoisotopic (exact) mass is 573 g/mol. The minimum Gasteiger partial charge on any atom is -0.327 e. The average molecular weight is 574 g/mol. The third-order valence-electron chi connectivity index (χ3n) is 6.93. The van der Waals surface area contributed by atoms with Gasteiger partial charge in [0.15, 0.2) is 0 Å². The molecule has 3 heterocycles. The molecule has 0 spiro atoms. The fourth-order valence-electron chi connectivity index (χ4n) is 5.11. The molecule has 11 heteroatoms. The highest BCUT2D eigenvalue weighted by Gasteiger charge is 2.37. The largest absolute Gasteiger partial charge is 0.330 e. The Balaban J connectivity index is 1.68. The molecule has 1 aliphatic rings. The number of nitrogens with one attached hydrogen (secondary N) is 3. The zero-order valence-electron chi connectivity index (χ0n) is 20.8. The highest BCUT2D eigenvalue weighted by Crippen LogP contribution is 2.43. The van der Waals surface area contributed by atoms with E-state index in [0.29, 0.717) is 10.6 Å². The van der Waals surface area contributed by atoms with Gasteiger partial charge in [0.2, 0.25) is 0 Å². The second-order valence-electron chi connectivity index (χ2n) is 9.41. The molecule has 0 amide bonds. The Labute approximate surface area is 236 Å². The number of aromatic nitrogens is 4. The number of anilines is 2. The summed E-state index contributed by atoms with van der Waals surface area (Å²) in [6, 6.07) is 23.2. The standard InChI is InChI=1S/C29H21Cl2N5O4/c30-18-11-12-19(20(31)13-18)21-22-24(35(28(39)33-26(22)37)14-16-7-3-1-4-8-16)32-25-23(21)27(38)34-29(40)36(25)15-17-9-5-2-6-10-17/h1-13,21,32H,14-15H2,(H,33,37,39)(H,34,38,40). The van der Waals surface area contributed by atoms with Gasteiger partial charge in [-0.25, -0.2) is 9.59 Å². The van der Waals surface area contributed by atoms with E-state index in [1.807, 2.05) is 60.7 Å². The van der Waals surface area contributed by atoms with Crippen molar-refractivity contribution in [3.05, 3.63) is 158 Å². The van der Waals surface area contributed by atoms with E-state index in [2.05, 4.69) is 15.3 Å². The van der Waals surface area contributed by atoms with Crippen LogP contribution in [0.3, 0.4) is 0 Å². The fraction of sp³-hybridized carbons (Fsp3) is 0.103. The topological polar surface area (TPSA) is 122 Å². The van der Waals surface area contributed by atoms with Crippen molar-refractivity contribution >= 4 is 34.8 Å². The smallest absolute Gasteiger partial charge is 0.327 e. The van der Waals surface area contributed by atoms with Crippen LogP contribution in [-0.4, -0.2) is 19.1 Å². The molecular weight excluding hydrogens is 553 g/mol. The molecule has 0 fully saturated rings. The molecule has 0 bridgehead atoms. The van der Waals surface area contributed by atoms with E-state index in [1.165, 1.54) is 15.2 Å². The van der Waals surface area contributed by atoms with Gasteiger partial charge in [-0.3, -0.25) is 28.7 Å². The van der Waals surface area contributed by atoms with Crippen molar-refractivity contribution in [2.24, 2.45) is 0 Å². The van der Waals surface area contributed by atoms with Crippen LogP contribution in [-0.2, 0) is 13.1 Å². The molecule has 0 aliphatic carbocycles. The summed E-state index contributed by atoms with van der Waals surface area (Å²) in [5.41, 5.74) is -0.401. The first-order chi connectivity index (χ1) is 19.3. The van der Waals surface area contributed by atoms with Gasteiger partial charge in [0.1, 0.15) is 11.6 Å². The predicted octanol–water partition coefficient (Wildman–Crippen LogP) is 4.03. The van der Waals surface area contributed by atoms with Gasteiger partial charge in [-0.2, -0.15) is 0 Å². The summed E-state index contributed by atoms with van der Waals surface area (Å²) in [4.78, 5) is 58.1. The summed E-state index contributed by atoms with van der Waals surface area (Å²) in [6.07, 6.45) is 0. The number of rotatable bonds is 5. The molecule has 0 atom stereocenters. The molecule has 5 aromatic rings. The van der Waals surface area contributed by atoms with E-state index in [4.69, 9.17) is 23.2 Å². The van der Waals surface area contributed by atoms with Crippen molar-refractivity contribution in [3.63, 3.8) is 0 Å². The lowest BCUT2D eigenvalue weighted by atomic mass is 9.84. The molecular formula is C29H21Cl2N5O4. The molecule has 3 N–H and O–H groups in total. The zero-order chi connectivity index (χ0) is 28.0. The number of nitrogens with zero attached hydrogens (tertiary/aromatic N) is 2. The van der Waals surface area contributed by atoms with E-state index in [-0.39, 0.29) is 40.9 Å². The second kappa shape index (κ2) is 10.2. The number of hydrogen-bond acceptors (Lipinski definition) is 5. The number of fused-ring (bicyclic) bond motifs is 2. The third-order valence-corrected chi connectivity index (χ3v) is 7.49. The van der Waals surface area contributed by atoms with Gasteiger partial charge in [0, 0.05) is 10.0 Å². The highest BCUT2D eigenvalue weighted by atomic mass is 35.5. The van der Waals surface area contributed by atoms with E-state index in [0.717, 1.165) is 11.1 Å². The first kappa shape index (κ1) is 25.7. The number of aromatic amines is 2. The first-order valence-electron chi connectivity index (χ1n) is 12.4. The molecule has 1 aliphatic heterocycles. The lowest BCUT2D eigenvalue weighted by molar-refractivity contribution is 0.673. The van der Waals surface area contributed by atoms with Crippen molar-refractivity contribution in [3.8, 4) is 0 Å². The maximum absolute atomic E-state index is 13.5. The summed E-state index contributed by atoms with van der Waals surface area (Å²) in [5, 5.41) is 3.72. The van der Waals surface area contributed by atoms with Crippen molar-refractivity contribution < 1.29 is 0 Å². The Hall–Kier alpha value is -4.60. The van der Waals surface area contributed by atoms with Crippen LogP contribution >= 0.6 is 23.2 Å². The Bertz CT molecular complexity index is 1880. The molecule has 2 aromatic heterocycles. The Morgan fingerprint density at radius 1 is 0.650 bits per heavy atom. The minimum atomic E-state index is -1.02. The Kier molecular flexibility index (Phi) is 6.53. The summed E-state index contributed by atoms with van der Waals surface area (Å²) in [6.45, 7) is 0.239. The van der Waals surface area contributed by atoms with Crippen LogP contribution in [0.25, 0.3) is 0 Å². The number of H-pyrrole nitrogens is 2. The van der Waals surface area contributed by atoms with Gasteiger partial charge in [-0.05, 0) is 28.8 Å². The average Bonchev–Trinajstić information content (AvgIpc) is 2.93. The van der Waals surface area contributed by atoms with Crippen LogP contribution in [0, 0.1) is 0 Å². The molecule has 3 aromatic carbocycles. The molecule has 6 rings (SSSR count). The van der Waals surface area contributed by atoms with Crippen molar-refractivity contribution in [2.45, 2.75) is 19.0 Å². The number of benzene rings is 3. The number of hydrogen-bond donors (Lipinski definition) is 3. The highest BCUT2D eigenvalue weighted by molar-refractivity contribution is 6.35. The Morgan fingerprint density at radius 2 is 1.12 bits per heavy atom. The Morgan fingerprint density at radius 3 is 1.57 bits per heavy atom. The van der Waals surface area contributed by atoms with Crippen LogP contribution in [0.2, 0.25) is 10.0 Å². The van der Waals surface area contributed by atoms with Gasteiger partial charge < -0.3 is 5.32 Å². The lowest BCUT2D eigenvalue weighted by Gasteiger charge is -2.31. The minimum absolute atomic E-state index is 0.114. The normalized spacial score (nSPS) is 12.4. The van der Waals surface area contributed by atoms with Gasteiger partial charge in [-0.1, -0.05) is 89.9 Å². The molecule has 0 saturated carbocycles. The molecule has 0 saturated heterocycles. The van der Waals surface area contributed by atoms with Crippen molar-refractivity contribution in [2.75, 3.05) is 5.32 Å². The summed E-state index contributed by atoms with van der Waals surface area (Å²) < 4.78 is 2.76. The summed E-state index contributed by atoms with van der Waals surface area (Å²) in [5.74, 6) is -0.699. The van der Waals surface area contributed by atoms with Crippen LogP contribution in [0.15, 0.2) is 98.0 Å². The quantitative estimate of drug-likeness (QED) is 0.287. The van der Waals surface area contributed by atoms with E-state index in [1.54, 1.807) is 12.1 Å². The van der Waals surface area contributed by atoms with E-state index >= 15 is 0 Å². The van der Waals surface area contributed by atoms with Crippen LogP contribution in [0.4, 0.5) is 11.6 Å². The van der Waals surface area contributed by atoms with Crippen LogP contribution < -0.4 is 27.8 Å². The molecule has 0 radical (unpaired) electrons. The summed E-state index contributed by atoms with van der Waals surface area (Å²) in [7, 11) is 0. The molecule has 9 nitrogen and oxygen atoms in total. The SMILES string of the molecule is O=c1[nH]c(=O)n(Cc2ccccc2)c2c1C(c1ccc(Cl)cc1Cl)c1c(n(Cc3ccccc3)c(=O)[nH]c1=O)N2. The van der Waals surface area contributed by atoms with E-state index in [9.17, 15) is 19.2 Å². The van der Waals surface area contributed by atoms with Gasteiger partial charge >= 0.3 is 11.4 Å². The van der Waals surface area contributed by atoms with Gasteiger partial charge in [-0.15, -0.1) is 0 Å². The van der Waals surface area contributed by atoms with Crippen molar-refractivity contribution in [1.29, 1.82) is 0 Å². The van der Waals surface area contributed by atoms with Crippen molar-refractivity contribution in [1.82, 2.24) is 19.1 Å². The van der Waals surface area contributed by atoms with Gasteiger partial charge in [0.05, 0.1) is 30.1 Å². The second-order valence-corrected chi connectivity index (χ2v) is 10.3. The van der Waals surface area contributed by atoms with Crippen LogP contribution in [0.1, 0.15) is 33.7 Å². The maximum Gasteiger partial charge on any atom is 0.330 e. The number of halogens is 2. The molecule has 40 heavy (non-hydrogen) atoms. The zero-order valence-corrected chi connectivity index (χ0v) is 22.3. The third kappa shape index (κ3) is 4.49.